The second kappa shape index (κ2) is 7.33. The van der Waals surface area contributed by atoms with Gasteiger partial charge in [0.05, 0.1) is 10.6 Å². The van der Waals surface area contributed by atoms with E-state index in [1.807, 2.05) is 13.8 Å². The van der Waals surface area contributed by atoms with Crippen LogP contribution in [-0.2, 0) is 6.54 Å². The standard InChI is InChI=1S/C15H15FN4O3.C2H6/c1-8-3-4-11(10(16)7-8)18-12-9(2)15(21)19-6-5-17-14(19)13(12)20(22)23;1-2/h3-4,7,17-18H,5-6H2,1-2H3;1-2H3. The Morgan fingerprint density at radius 2 is 2.00 bits per heavy atom. The lowest BCUT2D eigenvalue weighted by atomic mass is 10.1. The van der Waals surface area contributed by atoms with Crippen molar-refractivity contribution in [1.82, 2.24) is 4.57 Å². The third-order valence-electron chi connectivity index (χ3n) is 3.87. The molecule has 0 radical (unpaired) electrons. The molecule has 1 aromatic carbocycles. The van der Waals surface area contributed by atoms with Gasteiger partial charge in [0, 0.05) is 18.7 Å². The molecule has 0 unspecified atom stereocenters. The van der Waals surface area contributed by atoms with Crippen molar-refractivity contribution in [2.45, 2.75) is 34.2 Å². The fourth-order valence-corrected chi connectivity index (χ4v) is 2.70. The fraction of sp³-hybridized carbons (Fsp3) is 0.353. The molecule has 0 atom stereocenters. The summed E-state index contributed by atoms with van der Waals surface area (Å²) in [5.41, 5.74) is 0.442. The number of nitro groups is 1. The van der Waals surface area contributed by atoms with Gasteiger partial charge in [0.25, 0.3) is 5.56 Å². The van der Waals surface area contributed by atoms with Crippen LogP contribution in [0, 0.1) is 29.8 Å². The Balaban J connectivity index is 0.00000109. The van der Waals surface area contributed by atoms with Crippen LogP contribution >= 0.6 is 0 Å². The van der Waals surface area contributed by atoms with Crippen molar-refractivity contribution < 1.29 is 9.31 Å². The topological polar surface area (TPSA) is 89.2 Å². The molecule has 25 heavy (non-hydrogen) atoms. The molecule has 2 aromatic rings. The highest BCUT2D eigenvalue weighted by molar-refractivity contribution is 5.80. The van der Waals surface area contributed by atoms with Crippen LogP contribution in [0.15, 0.2) is 23.0 Å². The van der Waals surface area contributed by atoms with E-state index >= 15 is 0 Å². The summed E-state index contributed by atoms with van der Waals surface area (Å²) in [4.78, 5) is 23.3. The normalized spacial score (nSPS) is 11.9. The van der Waals surface area contributed by atoms with Gasteiger partial charge in [-0.3, -0.25) is 19.5 Å². The molecule has 0 aliphatic carbocycles. The van der Waals surface area contributed by atoms with Crippen molar-refractivity contribution >= 4 is 22.9 Å². The minimum atomic E-state index is -0.564. The van der Waals surface area contributed by atoms with Gasteiger partial charge < -0.3 is 10.6 Å². The van der Waals surface area contributed by atoms with Gasteiger partial charge in [0.2, 0.25) is 0 Å². The molecule has 0 saturated carbocycles. The molecule has 3 rings (SSSR count). The van der Waals surface area contributed by atoms with Crippen LogP contribution in [0.5, 0.6) is 0 Å². The third kappa shape index (κ3) is 3.33. The van der Waals surface area contributed by atoms with E-state index in [1.165, 1.54) is 23.6 Å². The van der Waals surface area contributed by atoms with Gasteiger partial charge in [-0.15, -0.1) is 0 Å². The van der Waals surface area contributed by atoms with Gasteiger partial charge in [-0.2, -0.15) is 0 Å². The van der Waals surface area contributed by atoms with Crippen molar-refractivity contribution in [3.63, 3.8) is 0 Å². The number of anilines is 3. The molecule has 1 aliphatic heterocycles. The Morgan fingerprint density at radius 1 is 1.32 bits per heavy atom. The van der Waals surface area contributed by atoms with E-state index in [2.05, 4.69) is 10.6 Å². The second-order valence-corrected chi connectivity index (χ2v) is 5.45. The number of hydrogen-bond donors (Lipinski definition) is 2. The molecule has 2 N–H and O–H groups in total. The molecule has 0 spiro atoms. The number of halogens is 1. The van der Waals surface area contributed by atoms with E-state index in [0.717, 1.165) is 5.56 Å². The maximum Gasteiger partial charge on any atom is 0.333 e. The van der Waals surface area contributed by atoms with E-state index in [4.69, 9.17) is 0 Å². The van der Waals surface area contributed by atoms with Gasteiger partial charge in [-0.25, -0.2) is 4.39 Å². The molecule has 0 fully saturated rings. The van der Waals surface area contributed by atoms with E-state index in [-0.39, 0.29) is 34.0 Å². The summed E-state index contributed by atoms with van der Waals surface area (Å²) in [5.74, 6) is -0.382. The minimum absolute atomic E-state index is 0.0170. The zero-order chi connectivity index (χ0) is 18.7. The van der Waals surface area contributed by atoms with Gasteiger partial charge in [0.1, 0.15) is 11.5 Å². The summed E-state index contributed by atoms with van der Waals surface area (Å²) in [5, 5.41) is 17.1. The monoisotopic (exact) mass is 348 g/mol. The highest BCUT2D eigenvalue weighted by atomic mass is 19.1. The fourth-order valence-electron chi connectivity index (χ4n) is 2.70. The predicted octanol–water partition coefficient (Wildman–Crippen LogP) is 3.71. The van der Waals surface area contributed by atoms with Gasteiger partial charge in [0.15, 0.2) is 5.82 Å². The van der Waals surface area contributed by atoms with Crippen LogP contribution in [0.3, 0.4) is 0 Å². The second-order valence-electron chi connectivity index (χ2n) is 5.45. The van der Waals surface area contributed by atoms with Crippen LogP contribution in [0.25, 0.3) is 0 Å². The Kier molecular flexibility index (Phi) is 5.41. The highest BCUT2D eigenvalue weighted by Crippen LogP contribution is 2.37. The summed E-state index contributed by atoms with van der Waals surface area (Å²) in [7, 11) is 0. The van der Waals surface area contributed by atoms with Crippen molar-refractivity contribution in [2.75, 3.05) is 17.2 Å². The first-order chi connectivity index (χ1) is 11.9. The molecule has 2 heterocycles. The first-order valence-electron chi connectivity index (χ1n) is 8.09. The number of benzene rings is 1. The Bertz CT molecular complexity index is 877. The smallest absolute Gasteiger partial charge is 0.333 e. The summed E-state index contributed by atoms with van der Waals surface area (Å²) in [6.07, 6.45) is 0. The van der Waals surface area contributed by atoms with Crippen molar-refractivity contribution in [3.8, 4) is 0 Å². The number of pyridine rings is 1. The zero-order valence-electron chi connectivity index (χ0n) is 14.6. The third-order valence-corrected chi connectivity index (χ3v) is 3.87. The quantitative estimate of drug-likeness (QED) is 0.652. The number of nitrogens with zero attached hydrogens (tertiary/aromatic N) is 2. The Labute approximate surface area is 144 Å². The van der Waals surface area contributed by atoms with Crippen molar-refractivity contribution in [3.05, 3.63) is 55.6 Å². The largest absolute Gasteiger partial charge is 0.364 e. The molecular weight excluding hydrogens is 327 g/mol. The molecule has 0 bridgehead atoms. The SMILES string of the molecule is CC.Cc1ccc(Nc2c([N+](=O)[O-])c3n(c(=O)c2C)CCN3)c(F)c1. The zero-order valence-corrected chi connectivity index (χ0v) is 14.6. The van der Waals surface area contributed by atoms with E-state index in [0.29, 0.717) is 13.1 Å². The molecule has 0 amide bonds. The maximum atomic E-state index is 14.0. The lowest BCUT2D eigenvalue weighted by Gasteiger charge is -2.14. The van der Waals surface area contributed by atoms with Crippen LogP contribution in [0.4, 0.5) is 27.3 Å². The number of aromatic nitrogens is 1. The molecule has 7 nitrogen and oxygen atoms in total. The average molecular weight is 348 g/mol. The first-order valence-corrected chi connectivity index (χ1v) is 8.09. The number of rotatable bonds is 3. The van der Waals surface area contributed by atoms with Crippen LogP contribution < -0.4 is 16.2 Å². The minimum Gasteiger partial charge on any atom is -0.364 e. The van der Waals surface area contributed by atoms with Gasteiger partial charge in [-0.05, 0) is 31.5 Å². The Hall–Kier alpha value is -2.90. The van der Waals surface area contributed by atoms with Crippen LogP contribution in [-0.4, -0.2) is 16.0 Å². The number of nitrogens with one attached hydrogen (secondary N) is 2. The van der Waals surface area contributed by atoms with E-state index < -0.39 is 10.7 Å². The summed E-state index contributed by atoms with van der Waals surface area (Å²) >= 11 is 0. The summed E-state index contributed by atoms with van der Waals surface area (Å²) in [6, 6.07) is 4.50. The van der Waals surface area contributed by atoms with E-state index in [9.17, 15) is 19.3 Å². The molecule has 1 aliphatic rings. The lowest BCUT2D eigenvalue weighted by molar-refractivity contribution is -0.383. The summed E-state index contributed by atoms with van der Waals surface area (Å²) in [6.45, 7) is 8.05. The van der Waals surface area contributed by atoms with Crippen molar-refractivity contribution in [1.29, 1.82) is 0 Å². The van der Waals surface area contributed by atoms with Crippen LogP contribution in [0.2, 0.25) is 0 Å². The number of hydrogen-bond acceptors (Lipinski definition) is 5. The first kappa shape index (κ1) is 18.4. The molecule has 134 valence electrons. The lowest BCUT2D eigenvalue weighted by Crippen LogP contribution is -2.23. The Morgan fingerprint density at radius 3 is 2.60 bits per heavy atom. The van der Waals surface area contributed by atoms with Crippen LogP contribution in [0.1, 0.15) is 25.0 Å². The molecule has 1 aromatic heterocycles. The molecule has 0 saturated heterocycles. The highest BCUT2D eigenvalue weighted by Gasteiger charge is 2.31. The summed E-state index contributed by atoms with van der Waals surface area (Å²) < 4.78 is 15.4. The number of aryl methyl sites for hydroxylation is 1. The molecular formula is C17H21FN4O3. The van der Waals surface area contributed by atoms with Gasteiger partial charge >= 0.3 is 5.69 Å². The predicted molar refractivity (Wildman–Crippen MR) is 96.4 cm³/mol. The maximum absolute atomic E-state index is 14.0. The van der Waals surface area contributed by atoms with Gasteiger partial charge in [-0.1, -0.05) is 19.9 Å². The average Bonchev–Trinajstić information content (AvgIpc) is 3.05. The number of fused-ring (bicyclic) bond motifs is 1. The van der Waals surface area contributed by atoms with Crippen molar-refractivity contribution in [2.24, 2.45) is 0 Å². The molecule has 8 heteroatoms. The van der Waals surface area contributed by atoms with E-state index in [1.54, 1.807) is 13.0 Å².